The van der Waals surface area contributed by atoms with Crippen molar-refractivity contribution in [2.24, 2.45) is 0 Å². The minimum absolute atomic E-state index is 0.0413. The van der Waals surface area contributed by atoms with Gasteiger partial charge in [0.15, 0.2) is 5.43 Å². The number of aliphatic hydroxyl groups is 1. The maximum absolute atomic E-state index is 13.3. The van der Waals surface area contributed by atoms with E-state index in [1.807, 2.05) is 24.3 Å². The summed E-state index contributed by atoms with van der Waals surface area (Å²) in [6, 6.07) is 13.9. The number of carbonyl (C=O) groups is 1. The predicted molar refractivity (Wildman–Crippen MR) is 114 cm³/mol. The molecular formula is C24H25NO5. The number of rotatable bonds is 8. The van der Waals surface area contributed by atoms with Crippen LogP contribution in [0.15, 0.2) is 57.7 Å². The molecule has 0 radical (unpaired) electrons. The van der Waals surface area contributed by atoms with Gasteiger partial charge in [0, 0.05) is 13.2 Å². The van der Waals surface area contributed by atoms with Crippen molar-refractivity contribution in [2.75, 3.05) is 19.8 Å². The summed E-state index contributed by atoms with van der Waals surface area (Å²) >= 11 is 0. The Hall–Kier alpha value is -3.12. The summed E-state index contributed by atoms with van der Waals surface area (Å²) in [7, 11) is 0. The van der Waals surface area contributed by atoms with E-state index in [0.717, 1.165) is 24.2 Å². The summed E-state index contributed by atoms with van der Waals surface area (Å²) in [5, 5.41) is 9.75. The minimum atomic E-state index is -0.551. The van der Waals surface area contributed by atoms with Gasteiger partial charge in [-0.05, 0) is 42.7 Å². The van der Waals surface area contributed by atoms with Crippen molar-refractivity contribution < 1.29 is 19.1 Å². The second-order valence-electron chi connectivity index (χ2n) is 7.42. The highest BCUT2D eigenvalue weighted by Gasteiger charge is 2.42. The molecule has 156 valence electrons. The van der Waals surface area contributed by atoms with E-state index in [-0.39, 0.29) is 23.7 Å². The van der Waals surface area contributed by atoms with E-state index in [0.29, 0.717) is 36.1 Å². The van der Waals surface area contributed by atoms with Crippen LogP contribution in [0.4, 0.5) is 0 Å². The Kier molecular flexibility index (Phi) is 5.86. The molecule has 1 aliphatic heterocycles. The number of amides is 1. The first-order valence-electron chi connectivity index (χ1n) is 10.4. The maximum Gasteiger partial charge on any atom is 0.290 e. The molecule has 30 heavy (non-hydrogen) atoms. The Bertz CT molecular complexity index is 1100. The van der Waals surface area contributed by atoms with Crippen LogP contribution in [0.5, 0.6) is 5.75 Å². The normalized spacial score (nSPS) is 15.6. The topological polar surface area (TPSA) is 80.0 Å². The number of ether oxygens (including phenoxy) is 1. The number of fused-ring (bicyclic) bond motifs is 2. The largest absolute Gasteiger partial charge is 0.494 e. The third-order valence-corrected chi connectivity index (χ3v) is 5.39. The molecule has 2 heterocycles. The Morgan fingerprint density at radius 1 is 1.07 bits per heavy atom. The molecule has 0 spiro atoms. The Morgan fingerprint density at radius 2 is 1.83 bits per heavy atom. The van der Waals surface area contributed by atoms with Gasteiger partial charge in [0.05, 0.1) is 23.6 Å². The molecule has 0 unspecified atom stereocenters. The maximum atomic E-state index is 13.3. The zero-order valence-corrected chi connectivity index (χ0v) is 17.0. The molecule has 1 aromatic heterocycles. The lowest BCUT2D eigenvalue weighted by Crippen LogP contribution is -2.31. The summed E-state index contributed by atoms with van der Waals surface area (Å²) in [5.74, 6) is 0.517. The van der Waals surface area contributed by atoms with Crippen LogP contribution in [0.25, 0.3) is 11.0 Å². The molecule has 2 aromatic carbocycles. The van der Waals surface area contributed by atoms with Crippen molar-refractivity contribution in [1.82, 2.24) is 4.90 Å². The van der Waals surface area contributed by atoms with Gasteiger partial charge in [0.2, 0.25) is 5.76 Å². The van der Waals surface area contributed by atoms with Gasteiger partial charge in [-0.3, -0.25) is 9.59 Å². The van der Waals surface area contributed by atoms with E-state index in [9.17, 15) is 14.7 Å². The van der Waals surface area contributed by atoms with E-state index in [4.69, 9.17) is 9.15 Å². The fourth-order valence-electron chi connectivity index (χ4n) is 3.87. The summed E-state index contributed by atoms with van der Waals surface area (Å²) in [5.41, 5.74) is 1.37. The molecule has 1 N–H and O–H groups in total. The van der Waals surface area contributed by atoms with Crippen LogP contribution in [0.3, 0.4) is 0 Å². The van der Waals surface area contributed by atoms with Crippen molar-refractivity contribution in [3.63, 3.8) is 0 Å². The Morgan fingerprint density at radius 3 is 2.57 bits per heavy atom. The smallest absolute Gasteiger partial charge is 0.290 e. The van der Waals surface area contributed by atoms with Crippen molar-refractivity contribution in [3.05, 3.63) is 75.6 Å². The SMILES string of the molecule is CCCCOc1ccc([C@@H]2c3c(oc4ccccc4c3=O)C(=O)N2CCCO)cc1. The number of hydrogen-bond acceptors (Lipinski definition) is 5. The number of hydrogen-bond donors (Lipinski definition) is 1. The highest BCUT2D eigenvalue weighted by atomic mass is 16.5. The van der Waals surface area contributed by atoms with Crippen LogP contribution < -0.4 is 10.2 Å². The molecule has 0 saturated carbocycles. The molecule has 1 aliphatic rings. The molecule has 6 heteroatoms. The van der Waals surface area contributed by atoms with Gasteiger partial charge in [-0.2, -0.15) is 0 Å². The Balaban J connectivity index is 1.78. The second-order valence-corrected chi connectivity index (χ2v) is 7.42. The van der Waals surface area contributed by atoms with Crippen LogP contribution in [0.1, 0.15) is 53.9 Å². The summed E-state index contributed by atoms with van der Waals surface area (Å²) < 4.78 is 11.6. The van der Waals surface area contributed by atoms with Gasteiger partial charge in [0.1, 0.15) is 11.3 Å². The first-order valence-corrected chi connectivity index (χ1v) is 10.4. The minimum Gasteiger partial charge on any atom is -0.494 e. The lowest BCUT2D eigenvalue weighted by molar-refractivity contribution is 0.0716. The van der Waals surface area contributed by atoms with Gasteiger partial charge in [-0.1, -0.05) is 37.6 Å². The fraction of sp³-hybridized carbons (Fsp3) is 0.333. The molecule has 0 aliphatic carbocycles. The van der Waals surface area contributed by atoms with Crippen LogP contribution >= 0.6 is 0 Å². The van der Waals surface area contributed by atoms with E-state index < -0.39 is 6.04 Å². The zero-order valence-electron chi connectivity index (χ0n) is 17.0. The van der Waals surface area contributed by atoms with Gasteiger partial charge in [0.25, 0.3) is 5.91 Å². The van der Waals surface area contributed by atoms with E-state index in [1.54, 1.807) is 29.2 Å². The van der Waals surface area contributed by atoms with Gasteiger partial charge >= 0.3 is 0 Å². The summed E-state index contributed by atoms with van der Waals surface area (Å²) in [6.07, 6.45) is 2.46. The standard InChI is InChI=1S/C24H25NO5/c1-2-3-15-29-17-11-9-16(10-12-17)21-20-22(27)18-7-4-5-8-19(18)30-23(20)24(28)25(21)13-6-14-26/h4-5,7-12,21,26H,2-3,6,13-15H2,1H3/t21-/m1/s1. The number of nitrogens with zero attached hydrogens (tertiary/aromatic N) is 1. The first-order chi connectivity index (χ1) is 14.7. The van der Waals surface area contributed by atoms with E-state index in [1.165, 1.54) is 0 Å². The number of benzene rings is 2. The quantitative estimate of drug-likeness (QED) is 0.573. The summed E-state index contributed by atoms with van der Waals surface area (Å²) in [6.45, 7) is 3.05. The van der Waals surface area contributed by atoms with E-state index >= 15 is 0 Å². The Labute approximate surface area is 174 Å². The molecular weight excluding hydrogens is 382 g/mol. The molecule has 3 aromatic rings. The molecule has 0 saturated heterocycles. The zero-order chi connectivity index (χ0) is 21.1. The van der Waals surface area contributed by atoms with Crippen LogP contribution in [0, 0.1) is 0 Å². The first kappa shape index (κ1) is 20.2. The summed E-state index contributed by atoms with van der Waals surface area (Å²) in [4.78, 5) is 28.0. The number of aliphatic hydroxyl groups excluding tert-OH is 1. The van der Waals surface area contributed by atoms with Crippen molar-refractivity contribution in [1.29, 1.82) is 0 Å². The lowest BCUT2D eigenvalue weighted by atomic mass is 9.98. The average Bonchev–Trinajstić information content (AvgIpc) is 3.05. The fourth-order valence-corrected chi connectivity index (χ4v) is 3.87. The van der Waals surface area contributed by atoms with Gasteiger partial charge < -0.3 is 19.2 Å². The van der Waals surface area contributed by atoms with Crippen LogP contribution in [0.2, 0.25) is 0 Å². The predicted octanol–water partition coefficient (Wildman–Crippen LogP) is 3.90. The monoisotopic (exact) mass is 407 g/mol. The van der Waals surface area contributed by atoms with E-state index in [2.05, 4.69) is 6.92 Å². The number of carbonyl (C=O) groups excluding carboxylic acids is 1. The highest BCUT2D eigenvalue weighted by molar-refractivity contribution is 5.99. The lowest BCUT2D eigenvalue weighted by Gasteiger charge is -2.25. The van der Waals surface area contributed by atoms with Crippen molar-refractivity contribution in [2.45, 2.75) is 32.2 Å². The van der Waals surface area contributed by atoms with Crippen LogP contribution in [-0.4, -0.2) is 35.7 Å². The molecule has 0 bridgehead atoms. The molecule has 1 atom stereocenters. The third-order valence-electron chi connectivity index (χ3n) is 5.39. The highest BCUT2D eigenvalue weighted by Crippen LogP contribution is 2.38. The molecule has 0 fully saturated rings. The second kappa shape index (κ2) is 8.71. The number of para-hydroxylation sites is 1. The number of unbranched alkanes of at least 4 members (excludes halogenated alkanes) is 1. The van der Waals surface area contributed by atoms with Gasteiger partial charge in [-0.15, -0.1) is 0 Å². The molecule has 4 rings (SSSR count). The van der Waals surface area contributed by atoms with Gasteiger partial charge in [-0.25, -0.2) is 0 Å². The molecule has 6 nitrogen and oxygen atoms in total. The third kappa shape index (κ3) is 3.59. The van der Waals surface area contributed by atoms with Crippen molar-refractivity contribution in [3.8, 4) is 5.75 Å². The average molecular weight is 407 g/mol. The van der Waals surface area contributed by atoms with Crippen molar-refractivity contribution >= 4 is 16.9 Å². The van der Waals surface area contributed by atoms with Crippen LogP contribution in [-0.2, 0) is 0 Å². The molecule has 1 amide bonds.